The van der Waals surface area contributed by atoms with Crippen LogP contribution in [0.2, 0.25) is 5.02 Å². The van der Waals surface area contributed by atoms with Gasteiger partial charge < -0.3 is 5.32 Å². The van der Waals surface area contributed by atoms with Crippen molar-refractivity contribution < 1.29 is 0 Å². The Kier molecular flexibility index (Phi) is 2.91. The number of nitrogens with one attached hydrogen (secondary N) is 1. The van der Waals surface area contributed by atoms with Crippen molar-refractivity contribution in [1.29, 1.82) is 0 Å². The molecule has 0 atom stereocenters. The number of anilines is 1. The summed E-state index contributed by atoms with van der Waals surface area (Å²) >= 11 is 8.41. The molecule has 1 N–H and O–H groups in total. The summed E-state index contributed by atoms with van der Waals surface area (Å²) < 4.78 is 1.11. The number of benzene rings is 1. The Bertz CT molecular complexity index is 593. The van der Waals surface area contributed by atoms with Crippen molar-refractivity contribution in [1.82, 2.24) is 4.98 Å². The molecule has 1 aliphatic carbocycles. The Hall–Kier alpha value is -0.550. The maximum atomic E-state index is 6.11. The first-order valence-electron chi connectivity index (χ1n) is 5.66. The van der Waals surface area contributed by atoms with Crippen molar-refractivity contribution in [3.63, 3.8) is 0 Å². The summed E-state index contributed by atoms with van der Waals surface area (Å²) in [6.07, 6.45) is 2.54. The highest BCUT2D eigenvalue weighted by Gasteiger charge is 2.26. The van der Waals surface area contributed by atoms with Gasteiger partial charge in [0.1, 0.15) is 0 Å². The maximum absolute atomic E-state index is 6.11. The van der Waals surface area contributed by atoms with Crippen molar-refractivity contribution in [3.05, 3.63) is 32.5 Å². The molecule has 0 radical (unpaired) electrons. The van der Waals surface area contributed by atoms with Gasteiger partial charge in [-0.25, -0.2) is 0 Å². The van der Waals surface area contributed by atoms with E-state index in [1.54, 1.807) is 0 Å². The van der Waals surface area contributed by atoms with Gasteiger partial charge >= 0.3 is 0 Å². The van der Waals surface area contributed by atoms with Crippen molar-refractivity contribution >= 4 is 50.8 Å². The number of fused-ring (bicyclic) bond motifs is 1. The molecule has 0 bridgehead atoms. The summed E-state index contributed by atoms with van der Waals surface area (Å²) in [5, 5.41) is 5.11. The summed E-state index contributed by atoms with van der Waals surface area (Å²) in [5.41, 5.74) is 3.39. The molecule has 0 aliphatic heterocycles. The lowest BCUT2D eigenvalue weighted by molar-refractivity contribution is 1.04. The first-order chi connectivity index (χ1) is 8.19. The van der Waals surface area contributed by atoms with Gasteiger partial charge in [0.25, 0.3) is 0 Å². The Morgan fingerprint density at radius 2 is 2.12 bits per heavy atom. The molecule has 1 fully saturated rings. The van der Waals surface area contributed by atoms with Gasteiger partial charge in [-0.2, -0.15) is 0 Å². The minimum Gasteiger partial charge on any atom is -0.388 e. The van der Waals surface area contributed by atoms with Gasteiger partial charge in [-0.3, -0.25) is 4.98 Å². The second-order valence-electron chi connectivity index (χ2n) is 4.40. The fourth-order valence-corrected chi connectivity index (χ4v) is 3.22. The molecule has 1 saturated carbocycles. The average molecular weight is 359 g/mol. The lowest BCUT2D eigenvalue weighted by atomic mass is 10.1. The van der Waals surface area contributed by atoms with Crippen LogP contribution >= 0.6 is 34.2 Å². The molecule has 0 saturated heterocycles. The number of pyridine rings is 1. The Balaban J connectivity index is 2.31. The highest BCUT2D eigenvalue weighted by molar-refractivity contribution is 14.1. The van der Waals surface area contributed by atoms with Gasteiger partial charge in [-0.15, -0.1) is 0 Å². The third kappa shape index (κ3) is 2.10. The number of aromatic nitrogens is 1. The smallest absolute Gasteiger partial charge is 0.0860 e. The zero-order valence-electron chi connectivity index (χ0n) is 9.43. The second-order valence-corrected chi connectivity index (χ2v) is 6.00. The maximum Gasteiger partial charge on any atom is 0.0860 e. The molecule has 88 valence electrons. The van der Waals surface area contributed by atoms with Gasteiger partial charge in [-0.05, 0) is 53.6 Å². The molecule has 4 heteroatoms. The van der Waals surface area contributed by atoms with Crippen LogP contribution in [0.3, 0.4) is 0 Å². The summed E-state index contributed by atoms with van der Waals surface area (Å²) in [6.45, 7) is 0. The normalized spacial score (nSPS) is 15.2. The minimum atomic E-state index is 0.665. The monoisotopic (exact) mass is 358 g/mol. The average Bonchev–Trinajstić information content (AvgIpc) is 3.11. The SMILES string of the molecule is CNc1cc(C2CC2)nc2c(I)cc(Cl)cc12. The number of hydrogen-bond acceptors (Lipinski definition) is 2. The van der Waals surface area contributed by atoms with Gasteiger partial charge in [0.2, 0.25) is 0 Å². The van der Waals surface area contributed by atoms with E-state index in [9.17, 15) is 0 Å². The van der Waals surface area contributed by atoms with Crippen molar-refractivity contribution in [2.75, 3.05) is 12.4 Å². The predicted molar refractivity (Wildman–Crippen MR) is 81.0 cm³/mol. The zero-order chi connectivity index (χ0) is 12.0. The van der Waals surface area contributed by atoms with Crippen molar-refractivity contribution in [2.45, 2.75) is 18.8 Å². The van der Waals surface area contributed by atoms with Crippen LogP contribution in [0, 0.1) is 3.57 Å². The fourth-order valence-electron chi connectivity index (χ4n) is 2.07. The standard InChI is InChI=1S/C13H12ClIN2/c1-16-12-6-11(7-2-3-7)17-13-9(12)4-8(14)5-10(13)15/h4-7H,2-3H2,1H3,(H,16,17). The van der Waals surface area contributed by atoms with E-state index in [0.29, 0.717) is 5.92 Å². The molecule has 0 spiro atoms. The second kappa shape index (κ2) is 4.28. The van der Waals surface area contributed by atoms with Crippen LogP contribution in [0.25, 0.3) is 10.9 Å². The number of hydrogen-bond donors (Lipinski definition) is 1. The van der Waals surface area contributed by atoms with Crippen molar-refractivity contribution in [3.8, 4) is 0 Å². The van der Waals surface area contributed by atoms with E-state index in [-0.39, 0.29) is 0 Å². The molecular weight excluding hydrogens is 347 g/mol. The molecule has 0 unspecified atom stereocenters. The summed E-state index contributed by atoms with van der Waals surface area (Å²) in [5.74, 6) is 0.665. The molecule has 2 nitrogen and oxygen atoms in total. The van der Waals surface area contributed by atoms with Gasteiger partial charge in [0, 0.05) is 38.3 Å². The van der Waals surface area contributed by atoms with Crippen LogP contribution in [0.4, 0.5) is 5.69 Å². The largest absolute Gasteiger partial charge is 0.388 e. The van der Waals surface area contributed by atoms with Crippen molar-refractivity contribution in [2.24, 2.45) is 0 Å². The quantitative estimate of drug-likeness (QED) is 0.804. The topological polar surface area (TPSA) is 24.9 Å². The summed E-state index contributed by atoms with van der Waals surface area (Å²) in [4.78, 5) is 4.78. The number of nitrogens with zero attached hydrogens (tertiary/aromatic N) is 1. The van der Waals surface area contributed by atoms with Gasteiger partial charge in [0.15, 0.2) is 0 Å². The van der Waals surface area contributed by atoms with Gasteiger partial charge in [0.05, 0.1) is 5.52 Å². The molecule has 17 heavy (non-hydrogen) atoms. The molecule has 0 amide bonds. The number of halogens is 2. The lowest BCUT2D eigenvalue weighted by Gasteiger charge is -2.10. The van der Waals surface area contributed by atoms with Crippen LogP contribution in [0.15, 0.2) is 18.2 Å². The molecule has 3 rings (SSSR count). The molecule has 1 aromatic carbocycles. The highest BCUT2D eigenvalue weighted by Crippen LogP contribution is 2.41. The Morgan fingerprint density at radius 3 is 2.76 bits per heavy atom. The molecule has 1 aliphatic rings. The van der Waals surface area contributed by atoms with E-state index in [1.165, 1.54) is 18.5 Å². The molecular formula is C13H12ClIN2. The third-order valence-electron chi connectivity index (χ3n) is 3.12. The third-order valence-corrected chi connectivity index (χ3v) is 4.16. The van der Waals surface area contributed by atoms with Crippen LogP contribution < -0.4 is 5.32 Å². The van der Waals surface area contributed by atoms with E-state index in [4.69, 9.17) is 16.6 Å². The summed E-state index contributed by atoms with van der Waals surface area (Å²) in [7, 11) is 1.94. The van der Waals surface area contributed by atoms with Crippen LogP contribution in [0.5, 0.6) is 0 Å². The molecule has 1 aromatic heterocycles. The first-order valence-corrected chi connectivity index (χ1v) is 7.12. The Labute approximate surface area is 119 Å². The molecule has 2 aromatic rings. The van der Waals surface area contributed by atoms with Gasteiger partial charge in [-0.1, -0.05) is 11.6 Å². The summed E-state index contributed by atoms with van der Waals surface area (Å²) in [6, 6.07) is 6.11. The molecule has 1 heterocycles. The number of rotatable bonds is 2. The minimum absolute atomic E-state index is 0.665. The Morgan fingerprint density at radius 1 is 1.35 bits per heavy atom. The van der Waals surface area contributed by atoms with Crippen LogP contribution in [-0.4, -0.2) is 12.0 Å². The fraction of sp³-hybridized carbons (Fsp3) is 0.308. The van der Waals surface area contributed by atoms with E-state index in [2.05, 4.69) is 34.0 Å². The zero-order valence-corrected chi connectivity index (χ0v) is 12.3. The van der Waals surface area contributed by atoms with E-state index in [0.717, 1.165) is 25.2 Å². The van der Waals surface area contributed by atoms with Crippen LogP contribution in [-0.2, 0) is 0 Å². The highest BCUT2D eigenvalue weighted by atomic mass is 127. The van der Waals surface area contributed by atoms with E-state index >= 15 is 0 Å². The van der Waals surface area contributed by atoms with E-state index in [1.807, 2.05) is 19.2 Å². The predicted octanol–water partition coefficient (Wildman–Crippen LogP) is 4.41. The van der Waals surface area contributed by atoms with Crippen LogP contribution in [0.1, 0.15) is 24.5 Å². The first kappa shape index (κ1) is 11.5. The lowest BCUT2D eigenvalue weighted by Crippen LogP contribution is -1.97. The van der Waals surface area contributed by atoms with E-state index < -0.39 is 0 Å².